The Labute approximate surface area is 292 Å². The van der Waals surface area contributed by atoms with Gasteiger partial charge in [-0.1, -0.05) is 115 Å². The summed E-state index contributed by atoms with van der Waals surface area (Å²) in [5.41, 5.74) is 10.0. The molecule has 5 heteroatoms. The van der Waals surface area contributed by atoms with Crippen molar-refractivity contribution in [2.24, 2.45) is 0 Å². The second-order valence-corrected chi connectivity index (χ2v) is 13.0. The summed E-state index contributed by atoms with van der Waals surface area (Å²) in [6.45, 7) is 0. The molecule has 0 amide bonds. The van der Waals surface area contributed by atoms with Crippen molar-refractivity contribution in [1.82, 2.24) is 19.1 Å². The van der Waals surface area contributed by atoms with Crippen molar-refractivity contribution in [3.8, 4) is 34.2 Å². The predicted molar refractivity (Wildman–Crippen MR) is 209 cm³/mol. The molecule has 0 aliphatic rings. The van der Waals surface area contributed by atoms with E-state index in [1.54, 1.807) is 0 Å². The molecular formula is C46H28N4O. The monoisotopic (exact) mass is 652 g/mol. The average Bonchev–Trinajstić information content (AvgIpc) is 3.86. The van der Waals surface area contributed by atoms with Gasteiger partial charge in [0.15, 0.2) is 5.82 Å². The molecule has 11 rings (SSSR count). The third-order valence-electron chi connectivity index (χ3n) is 10.1. The van der Waals surface area contributed by atoms with Gasteiger partial charge in [0, 0.05) is 49.6 Å². The number of benzene rings is 7. The minimum Gasteiger partial charge on any atom is -0.455 e. The molecule has 0 saturated heterocycles. The number of para-hydroxylation sites is 5. The molecule has 0 radical (unpaired) electrons. The SMILES string of the molecule is c1ccc(-c2cc(-n3c4ccccc4c4c5c6ccccc6n(-c6ccccc6)c5ccc43)nc(-c3cccc4c3oc3ccccc34)n2)cc1. The Balaban J connectivity index is 1.25. The normalized spacial score (nSPS) is 11.9. The van der Waals surface area contributed by atoms with Gasteiger partial charge in [-0.3, -0.25) is 4.57 Å². The lowest BCUT2D eigenvalue weighted by molar-refractivity contribution is 0.669. The standard InChI is InChI=1S/C46H28N4O/c1-3-14-29(15-4-1)36-28-42(48-46(47-36)35-22-13-21-32-31-18-9-12-25-41(31)51-45(32)35)50-38-24-11-8-20-34(38)44-40(50)27-26-39-43(44)33-19-7-10-23-37(33)49(39)30-16-5-2-6-17-30/h1-28H. The molecule has 0 saturated carbocycles. The van der Waals surface area contributed by atoms with E-state index in [0.717, 1.165) is 61.3 Å². The second-order valence-electron chi connectivity index (χ2n) is 13.0. The lowest BCUT2D eigenvalue weighted by Crippen LogP contribution is -2.02. The fourth-order valence-electron chi connectivity index (χ4n) is 7.97. The second kappa shape index (κ2) is 10.8. The molecule has 0 spiro atoms. The summed E-state index contributed by atoms with van der Waals surface area (Å²) < 4.78 is 11.2. The first kappa shape index (κ1) is 27.9. The maximum absolute atomic E-state index is 6.49. The maximum Gasteiger partial charge on any atom is 0.165 e. The highest BCUT2D eigenvalue weighted by Crippen LogP contribution is 2.43. The molecule has 0 unspecified atom stereocenters. The van der Waals surface area contributed by atoms with Crippen molar-refractivity contribution in [2.45, 2.75) is 0 Å². The third kappa shape index (κ3) is 4.09. The van der Waals surface area contributed by atoms with Crippen LogP contribution in [-0.2, 0) is 0 Å². The van der Waals surface area contributed by atoms with E-state index in [-0.39, 0.29) is 0 Å². The van der Waals surface area contributed by atoms with Gasteiger partial charge in [0.05, 0.1) is 33.3 Å². The minimum absolute atomic E-state index is 0.615. The van der Waals surface area contributed by atoms with Crippen LogP contribution in [0.5, 0.6) is 0 Å². The maximum atomic E-state index is 6.49. The van der Waals surface area contributed by atoms with Gasteiger partial charge in [0.1, 0.15) is 17.0 Å². The van der Waals surface area contributed by atoms with Crippen molar-refractivity contribution < 1.29 is 4.42 Å². The molecule has 0 atom stereocenters. The molecule has 4 heterocycles. The van der Waals surface area contributed by atoms with Gasteiger partial charge >= 0.3 is 0 Å². The van der Waals surface area contributed by atoms with Crippen LogP contribution in [0.4, 0.5) is 0 Å². The first-order chi connectivity index (χ1) is 25.3. The molecule has 0 aliphatic carbocycles. The van der Waals surface area contributed by atoms with E-state index in [4.69, 9.17) is 14.4 Å². The number of fused-ring (bicyclic) bond motifs is 10. The zero-order valence-electron chi connectivity index (χ0n) is 27.4. The van der Waals surface area contributed by atoms with Crippen LogP contribution in [0.2, 0.25) is 0 Å². The Kier molecular flexibility index (Phi) is 5.89. The molecule has 11 aromatic rings. The highest BCUT2D eigenvalue weighted by Gasteiger charge is 2.22. The largest absolute Gasteiger partial charge is 0.455 e. The summed E-state index contributed by atoms with van der Waals surface area (Å²) in [5.74, 6) is 1.41. The van der Waals surface area contributed by atoms with E-state index in [2.05, 4.69) is 155 Å². The first-order valence-electron chi connectivity index (χ1n) is 17.2. The highest BCUT2D eigenvalue weighted by molar-refractivity contribution is 6.28. The van der Waals surface area contributed by atoms with Crippen LogP contribution >= 0.6 is 0 Å². The van der Waals surface area contributed by atoms with Crippen LogP contribution in [0.3, 0.4) is 0 Å². The van der Waals surface area contributed by atoms with Gasteiger partial charge in [0.25, 0.3) is 0 Å². The summed E-state index contributed by atoms with van der Waals surface area (Å²) >= 11 is 0. The van der Waals surface area contributed by atoms with Gasteiger partial charge in [-0.15, -0.1) is 0 Å². The van der Waals surface area contributed by atoms with E-state index in [9.17, 15) is 0 Å². The van der Waals surface area contributed by atoms with Crippen molar-refractivity contribution in [2.75, 3.05) is 0 Å². The van der Waals surface area contributed by atoms with E-state index in [1.165, 1.54) is 32.6 Å². The molecule has 51 heavy (non-hydrogen) atoms. The fraction of sp³-hybridized carbons (Fsp3) is 0. The number of hydrogen-bond donors (Lipinski definition) is 0. The molecule has 0 bridgehead atoms. The Morgan fingerprint density at radius 3 is 1.76 bits per heavy atom. The number of aromatic nitrogens is 4. The summed E-state index contributed by atoms with van der Waals surface area (Å²) in [5, 5.41) is 6.95. The molecular weight excluding hydrogens is 625 g/mol. The molecule has 0 fully saturated rings. The summed E-state index contributed by atoms with van der Waals surface area (Å²) in [6.07, 6.45) is 0. The Morgan fingerprint density at radius 2 is 1.02 bits per heavy atom. The number of nitrogens with zero attached hydrogens (tertiary/aromatic N) is 4. The van der Waals surface area contributed by atoms with Crippen LogP contribution in [0.15, 0.2) is 174 Å². The molecule has 238 valence electrons. The van der Waals surface area contributed by atoms with Crippen molar-refractivity contribution in [3.63, 3.8) is 0 Å². The van der Waals surface area contributed by atoms with Gasteiger partial charge in [-0.2, -0.15) is 0 Å². The highest BCUT2D eigenvalue weighted by atomic mass is 16.3. The van der Waals surface area contributed by atoms with Crippen molar-refractivity contribution in [3.05, 3.63) is 170 Å². The topological polar surface area (TPSA) is 48.8 Å². The van der Waals surface area contributed by atoms with Gasteiger partial charge < -0.3 is 8.98 Å². The fourth-order valence-corrected chi connectivity index (χ4v) is 7.97. The molecule has 7 aromatic carbocycles. The van der Waals surface area contributed by atoms with Crippen LogP contribution in [-0.4, -0.2) is 19.1 Å². The smallest absolute Gasteiger partial charge is 0.165 e. The zero-order valence-corrected chi connectivity index (χ0v) is 27.4. The van der Waals surface area contributed by atoms with Crippen molar-refractivity contribution >= 4 is 65.6 Å². The summed E-state index contributed by atoms with van der Waals surface area (Å²) in [4.78, 5) is 10.6. The Bertz CT molecular complexity index is 3130. The lowest BCUT2D eigenvalue weighted by atomic mass is 10.1. The summed E-state index contributed by atoms with van der Waals surface area (Å²) in [6, 6.07) is 59.4. The minimum atomic E-state index is 0.615. The van der Waals surface area contributed by atoms with E-state index in [0.29, 0.717) is 5.82 Å². The number of hydrogen-bond acceptors (Lipinski definition) is 3. The van der Waals surface area contributed by atoms with Crippen molar-refractivity contribution in [1.29, 1.82) is 0 Å². The van der Waals surface area contributed by atoms with Crippen LogP contribution in [0, 0.1) is 0 Å². The predicted octanol–water partition coefficient (Wildman–Crippen LogP) is 11.9. The van der Waals surface area contributed by atoms with E-state index >= 15 is 0 Å². The van der Waals surface area contributed by atoms with Crippen LogP contribution < -0.4 is 0 Å². The zero-order chi connectivity index (χ0) is 33.5. The molecule has 0 N–H and O–H groups in total. The van der Waals surface area contributed by atoms with E-state index in [1.807, 2.05) is 24.3 Å². The lowest BCUT2D eigenvalue weighted by Gasteiger charge is -2.12. The Morgan fingerprint density at radius 1 is 0.431 bits per heavy atom. The molecule has 0 aliphatic heterocycles. The van der Waals surface area contributed by atoms with Crippen LogP contribution in [0.25, 0.3) is 99.7 Å². The van der Waals surface area contributed by atoms with Crippen LogP contribution in [0.1, 0.15) is 0 Å². The quantitative estimate of drug-likeness (QED) is 0.190. The summed E-state index contributed by atoms with van der Waals surface area (Å²) in [7, 11) is 0. The average molecular weight is 653 g/mol. The van der Waals surface area contributed by atoms with E-state index < -0.39 is 0 Å². The van der Waals surface area contributed by atoms with Gasteiger partial charge in [-0.05, 0) is 48.5 Å². The number of rotatable bonds is 4. The van der Waals surface area contributed by atoms with Gasteiger partial charge in [0.2, 0.25) is 0 Å². The number of furan rings is 1. The molecule has 5 nitrogen and oxygen atoms in total. The van der Waals surface area contributed by atoms with Gasteiger partial charge in [-0.25, -0.2) is 9.97 Å². The first-order valence-corrected chi connectivity index (χ1v) is 17.2. The third-order valence-corrected chi connectivity index (χ3v) is 10.1. The molecule has 4 aromatic heterocycles. The Hall–Kier alpha value is -6.98.